The van der Waals surface area contributed by atoms with E-state index < -0.39 is 4.92 Å². The van der Waals surface area contributed by atoms with Gasteiger partial charge < -0.3 is 10.1 Å². The molecule has 0 radical (unpaired) electrons. The first kappa shape index (κ1) is 24.4. The van der Waals surface area contributed by atoms with Crippen molar-refractivity contribution in [2.24, 2.45) is 0 Å². The molecule has 0 unspecified atom stereocenters. The zero-order valence-electron chi connectivity index (χ0n) is 18.0. The minimum atomic E-state index is -0.534. The third kappa shape index (κ3) is 6.23. The fourth-order valence-corrected chi connectivity index (χ4v) is 3.80. The van der Waals surface area contributed by atoms with E-state index in [2.05, 4.69) is 26.3 Å². The van der Waals surface area contributed by atoms with Crippen molar-refractivity contribution >= 4 is 44.9 Å². The number of non-ortho nitro benzene ring substituents is 1. The lowest BCUT2D eigenvalue weighted by atomic mass is 10.1. The van der Waals surface area contributed by atoms with Crippen molar-refractivity contribution in [3.8, 4) is 5.75 Å². The first-order valence-electron chi connectivity index (χ1n) is 10.2. The number of hydrogen-bond donors (Lipinski definition) is 1. The minimum Gasteiger partial charge on any atom is -0.487 e. The fourth-order valence-electron chi connectivity index (χ4n) is 3.15. The van der Waals surface area contributed by atoms with Crippen molar-refractivity contribution in [3.05, 3.63) is 115 Å². The highest BCUT2D eigenvalue weighted by molar-refractivity contribution is 9.10. The van der Waals surface area contributed by atoms with Crippen LogP contribution in [-0.2, 0) is 13.2 Å². The number of nitrogens with one attached hydrogen (secondary N) is 1. The largest absolute Gasteiger partial charge is 0.487 e. The van der Waals surface area contributed by atoms with Crippen LogP contribution in [0, 0.1) is 15.9 Å². The standard InChI is InChI=1S/C24H17BrClFN4O4/c25-20-13-30(12-15-3-7-18(27)8-4-15)29-23(20)28-24(32)17-5-1-16(2-6-17)14-35-22-10-9-19(31(33)34)11-21(22)26/h1-11,13H,12,14H2,(H,28,29,32). The van der Waals surface area contributed by atoms with Crippen molar-refractivity contribution < 1.29 is 18.8 Å². The molecule has 11 heteroatoms. The average molecular weight is 560 g/mol. The number of aromatic nitrogens is 2. The number of amides is 1. The van der Waals surface area contributed by atoms with Crippen LogP contribution in [0.15, 0.2) is 77.4 Å². The number of benzene rings is 3. The molecule has 8 nitrogen and oxygen atoms in total. The summed E-state index contributed by atoms with van der Waals surface area (Å²) in [4.78, 5) is 22.9. The number of nitro benzene ring substituents is 1. The SMILES string of the molecule is O=C(Nc1nn(Cc2ccc(F)cc2)cc1Br)c1ccc(COc2ccc([N+](=O)[O-])cc2Cl)cc1. The van der Waals surface area contributed by atoms with Gasteiger partial charge in [-0.25, -0.2) is 4.39 Å². The quantitative estimate of drug-likeness (QED) is 0.204. The second-order valence-corrected chi connectivity index (χ2v) is 8.72. The van der Waals surface area contributed by atoms with Crippen LogP contribution in [0.3, 0.4) is 0 Å². The summed E-state index contributed by atoms with van der Waals surface area (Å²) < 4.78 is 21.0. The summed E-state index contributed by atoms with van der Waals surface area (Å²) in [6.45, 7) is 0.584. The van der Waals surface area contributed by atoms with E-state index in [4.69, 9.17) is 16.3 Å². The summed E-state index contributed by atoms with van der Waals surface area (Å²) in [6, 6.07) is 16.8. The van der Waals surface area contributed by atoms with Gasteiger partial charge in [0.15, 0.2) is 5.82 Å². The van der Waals surface area contributed by atoms with Crippen molar-refractivity contribution in [2.45, 2.75) is 13.2 Å². The Morgan fingerprint density at radius 3 is 2.46 bits per heavy atom. The number of anilines is 1. The summed E-state index contributed by atoms with van der Waals surface area (Å²) >= 11 is 9.43. The summed E-state index contributed by atoms with van der Waals surface area (Å²) in [5, 5.41) is 18.1. The Morgan fingerprint density at radius 1 is 1.11 bits per heavy atom. The average Bonchev–Trinajstić information content (AvgIpc) is 3.18. The predicted octanol–water partition coefficient (Wildman–Crippen LogP) is 6.23. The number of hydrogen-bond acceptors (Lipinski definition) is 5. The van der Waals surface area contributed by atoms with E-state index in [-0.39, 0.29) is 29.0 Å². The molecule has 0 aliphatic rings. The lowest BCUT2D eigenvalue weighted by molar-refractivity contribution is -0.384. The second kappa shape index (κ2) is 10.7. The maximum atomic E-state index is 13.1. The van der Waals surface area contributed by atoms with Gasteiger partial charge in [0.25, 0.3) is 11.6 Å². The van der Waals surface area contributed by atoms with Gasteiger partial charge in [-0.1, -0.05) is 35.9 Å². The number of ether oxygens (including phenoxy) is 1. The molecule has 1 N–H and O–H groups in total. The van der Waals surface area contributed by atoms with E-state index in [1.807, 2.05) is 0 Å². The molecule has 0 spiro atoms. The molecule has 0 aliphatic carbocycles. The molecule has 4 aromatic rings. The molecule has 0 fully saturated rings. The molecule has 0 atom stereocenters. The van der Waals surface area contributed by atoms with Crippen LogP contribution in [0.5, 0.6) is 5.75 Å². The van der Waals surface area contributed by atoms with Crippen LogP contribution in [-0.4, -0.2) is 20.6 Å². The van der Waals surface area contributed by atoms with Crippen LogP contribution >= 0.6 is 27.5 Å². The highest BCUT2D eigenvalue weighted by Gasteiger charge is 2.13. The summed E-state index contributed by atoms with van der Waals surface area (Å²) in [5.74, 6) is 0.0252. The second-order valence-electron chi connectivity index (χ2n) is 7.46. The summed E-state index contributed by atoms with van der Waals surface area (Å²) in [7, 11) is 0. The number of nitrogens with zero attached hydrogens (tertiary/aromatic N) is 3. The Bertz CT molecular complexity index is 1380. The number of nitro groups is 1. The van der Waals surface area contributed by atoms with E-state index in [1.54, 1.807) is 47.3 Å². The first-order chi connectivity index (χ1) is 16.8. The number of rotatable bonds is 8. The van der Waals surface area contributed by atoms with Gasteiger partial charge in [0, 0.05) is 23.9 Å². The Morgan fingerprint density at radius 2 is 1.80 bits per heavy atom. The number of carbonyl (C=O) groups is 1. The van der Waals surface area contributed by atoms with Gasteiger partial charge in [0.05, 0.1) is 21.0 Å². The third-order valence-electron chi connectivity index (χ3n) is 4.94. The smallest absolute Gasteiger partial charge is 0.271 e. The molecule has 0 saturated heterocycles. The Hall–Kier alpha value is -3.76. The van der Waals surface area contributed by atoms with Crippen LogP contribution < -0.4 is 10.1 Å². The van der Waals surface area contributed by atoms with Crippen molar-refractivity contribution in [1.82, 2.24) is 9.78 Å². The van der Waals surface area contributed by atoms with Crippen LogP contribution in [0.2, 0.25) is 5.02 Å². The highest BCUT2D eigenvalue weighted by Crippen LogP contribution is 2.29. The minimum absolute atomic E-state index is 0.121. The molecule has 3 aromatic carbocycles. The Labute approximate surface area is 212 Å². The molecular formula is C24H17BrClFN4O4. The van der Waals surface area contributed by atoms with Crippen molar-refractivity contribution in [3.63, 3.8) is 0 Å². The molecular weight excluding hydrogens is 543 g/mol. The Balaban J connectivity index is 1.35. The molecule has 4 rings (SSSR count). The molecule has 1 aromatic heterocycles. The van der Waals surface area contributed by atoms with Crippen molar-refractivity contribution in [2.75, 3.05) is 5.32 Å². The third-order valence-corrected chi connectivity index (χ3v) is 5.82. The van der Waals surface area contributed by atoms with Gasteiger partial charge in [-0.2, -0.15) is 5.10 Å². The lowest BCUT2D eigenvalue weighted by Gasteiger charge is -2.09. The molecule has 1 heterocycles. The first-order valence-corrected chi connectivity index (χ1v) is 11.4. The zero-order valence-corrected chi connectivity index (χ0v) is 20.3. The van der Waals surface area contributed by atoms with Gasteiger partial charge in [0.2, 0.25) is 0 Å². The van der Waals surface area contributed by atoms with Gasteiger partial charge in [0.1, 0.15) is 18.2 Å². The number of halogens is 3. The maximum absolute atomic E-state index is 13.1. The molecule has 0 saturated carbocycles. The normalized spacial score (nSPS) is 10.7. The molecule has 1 amide bonds. The topological polar surface area (TPSA) is 99.3 Å². The zero-order chi connectivity index (χ0) is 24.9. The van der Waals surface area contributed by atoms with Gasteiger partial charge >= 0.3 is 0 Å². The van der Waals surface area contributed by atoms with Crippen LogP contribution in [0.25, 0.3) is 0 Å². The predicted molar refractivity (Wildman–Crippen MR) is 132 cm³/mol. The van der Waals surface area contributed by atoms with Gasteiger partial charge in [-0.15, -0.1) is 0 Å². The Kier molecular flexibility index (Phi) is 7.42. The van der Waals surface area contributed by atoms with E-state index in [0.717, 1.165) is 11.1 Å². The van der Waals surface area contributed by atoms with E-state index >= 15 is 0 Å². The van der Waals surface area contributed by atoms with Crippen LogP contribution in [0.1, 0.15) is 21.5 Å². The molecule has 0 bridgehead atoms. The lowest BCUT2D eigenvalue weighted by Crippen LogP contribution is -2.13. The van der Waals surface area contributed by atoms with Gasteiger partial charge in [-0.3, -0.25) is 19.6 Å². The summed E-state index contributed by atoms with van der Waals surface area (Å²) in [6.07, 6.45) is 1.72. The highest BCUT2D eigenvalue weighted by atomic mass is 79.9. The fraction of sp³-hybridized carbons (Fsp3) is 0.0833. The molecule has 0 aliphatic heterocycles. The van der Waals surface area contributed by atoms with E-state index in [1.165, 1.54) is 30.3 Å². The van der Waals surface area contributed by atoms with E-state index in [9.17, 15) is 19.3 Å². The maximum Gasteiger partial charge on any atom is 0.271 e. The molecule has 35 heavy (non-hydrogen) atoms. The van der Waals surface area contributed by atoms with Gasteiger partial charge in [-0.05, 0) is 57.4 Å². The monoisotopic (exact) mass is 558 g/mol. The van der Waals surface area contributed by atoms with Crippen LogP contribution in [0.4, 0.5) is 15.9 Å². The van der Waals surface area contributed by atoms with Crippen molar-refractivity contribution in [1.29, 1.82) is 0 Å². The molecule has 178 valence electrons. The number of carbonyl (C=O) groups excluding carboxylic acids is 1. The summed E-state index contributed by atoms with van der Waals surface area (Å²) in [5.41, 5.74) is 1.94. The van der Waals surface area contributed by atoms with E-state index in [0.29, 0.717) is 28.1 Å².